The summed E-state index contributed by atoms with van der Waals surface area (Å²) >= 11 is 0. The molecule has 0 saturated heterocycles. The maximum absolute atomic E-state index is 9.11. The number of aliphatic hydroxyl groups is 1. The fourth-order valence-electron chi connectivity index (χ4n) is 2.29. The largest absolute Gasteiger partial charge is 0.496 e. The number of aliphatic hydroxyl groups excluding tert-OH is 1. The molecule has 0 bridgehead atoms. The minimum Gasteiger partial charge on any atom is -0.496 e. The normalized spacial score (nSPS) is 28.9. The molecule has 0 radical (unpaired) electrons. The van der Waals surface area contributed by atoms with Gasteiger partial charge in [-0.1, -0.05) is 25.1 Å². The molecule has 0 heterocycles. The first-order chi connectivity index (χ1) is 7.19. The first-order valence-electron chi connectivity index (χ1n) is 5.42. The van der Waals surface area contributed by atoms with Gasteiger partial charge in [0.1, 0.15) is 5.75 Å². The fourth-order valence-corrected chi connectivity index (χ4v) is 2.29. The Morgan fingerprint density at radius 3 is 2.80 bits per heavy atom. The molecule has 0 spiro atoms. The van der Waals surface area contributed by atoms with Gasteiger partial charge in [0.15, 0.2) is 0 Å². The van der Waals surface area contributed by atoms with E-state index >= 15 is 0 Å². The van der Waals surface area contributed by atoms with Gasteiger partial charge in [-0.2, -0.15) is 0 Å². The van der Waals surface area contributed by atoms with E-state index in [9.17, 15) is 0 Å². The molecule has 0 aromatic heterocycles. The lowest BCUT2D eigenvalue weighted by atomic mass is 9.95. The van der Waals surface area contributed by atoms with Gasteiger partial charge < -0.3 is 9.84 Å². The van der Waals surface area contributed by atoms with E-state index in [4.69, 9.17) is 9.84 Å². The van der Waals surface area contributed by atoms with Gasteiger partial charge in [0.25, 0.3) is 0 Å². The summed E-state index contributed by atoms with van der Waals surface area (Å²) in [5.74, 6) is 1.43. The van der Waals surface area contributed by atoms with Crippen LogP contribution >= 0.6 is 0 Å². The topological polar surface area (TPSA) is 29.5 Å². The van der Waals surface area contributed by atoms with Gasteiger partial charge in [-0.25, -0.2) is 0 Å². The quantitative estimate of drug-likeness (QED) is 0.818. The zero-order valence-electron chi connectivity index (χ0n) is 9.36. The van der Waals surface area contributed by atoms with Gasteiger partial charge in [-0.05, 0) is 35.8 Å². The van der Waals surface area contributed by atoms with E-state index in [1.54, 1.807) is 7.11 Å². The van der Waals surface area contributed by atoms with Crippen molar-refractivity contribution in [1.82, 2.24) is 0 Å². The van der Waals surface area contributed by atoms with E-state index in [-0.39, 0.29) is 5.41 Å². The second kappa shape index (κ2) is 3.86. The number of rotatable bonds is 4. The summed E-state index contributed by atoms with van der Waals surface area (Å²) in [4.78, 5) is 0. The van der Waals surface area contributed by atoms with Crippen molar-refractivity contribution in [2.75, 3.05) is 13.7 Å². The minimum absolute atomic E-state index is 0.281. The summed E-state index contributed by atoms with van der Waals surface area (Å²) in [5, 5.41) is 9.11. The van der Waals surface area contributed by atoms with Crippen LogP contribution in [0.2, 0.25) is 0 Å². The van der Waals surface area contributed by atoms with Crippen LogP contribution in [0, 0.1) is 11.3 Å². The predicted octanol–water partition coefficient (Wildman–Crippen LogP) is 2.26. The lowest BCUT2D eigenvalue weighted by Gasteiger charge is -2.13. The molecule has 82 valence electrons. The third-order valence-corrected chi connectivity index (χ3v) is 3.55. The number of benzene rings is 1. The van der Waals surface area contributed by atoms with Gasteiger partial charge in [-0.3, -0.25) is 0 Å². The van der Waals surface area contributed by atoms with Crippen LogP contribution in [-0.4, -0.2) is 18.8 Å². The lowest BCUT2D eigenvalue weighted by Crippen LogP contribution is -2.06. The molecule has 15 heavy (non-hydrogen) atoms. The Balaban J connectivity index is 2.11. The van der Waals surface area contributed by atoms with E-state index < -0.39 is 0 Å². The lowest BCUT2D eigenvalue weighted by molar-refractivity contribution is 0.252. The molecule has 1 saturated carbocycles. The van der Waals surface area contributed by atoms with Crippen molar-refractivity contribution in [2.45, 2.75) is 19.8 Å². The van der Waals surface area contributed by atoms with Crippen molar-refractivity contribution in [3.8, 4) is 5.75 Å². The molecule has 0 amide bonds. The molecule has 1 aromatic carbocycles. The van der Waals surface area contributed by atoms with Gasteiger partial charge in [0, 0.05) is 6.61 Å². The third kappa shape index (κ3) is 2.00. The molecule has 1 N–H and O–H groups in total. The molecular formula is C13H18O2. The first kappa shape index (κ1) is 10.5. The van der Waals surface area contributed by atoms with Crippen molar-refractivity contribution >= 4 is 0 Å². The Bertz CT molecular complexity index is 348. The second-order valence-corrected chi connectivity index (χ2v) is 4.73. The van der Waals surface area contributed by atoms with Crippen LogP contribution in [0.4, 0.5) is 0 Å². The molecule has 1 fully saturated rings. The number of hydrogen-bond acceptors (Lipinski definition) is 2. The highest BCUT2D eigenvalue weighted by Gasteiger charge is 2.49. The Hall–Kier alpha value is -1.02. The summed E-state index contributed by atoms with van der Waals surface area (Å²) in [7, 11) is 1.71. The van der Waals surface area contributed by atoms with Crippen LogP contribution in [0.25, 0.3) is 0 Å². The van der Waals surface area contributed by atoms with E-state index in [2.05, 4.69) is 13.0 Å². The molecular weight excluding hydrogens is 188 g/mol. The maximum Gasteiger partial charge on any atom is 0.122 e. The number of hydrogen-bond donors (Lipinski definition) is 1. The van der Waals surface area contributed by atoms with Crippen LogP contribution in [0.15, 0.2) is 24.3 Å². The predicted molar refractivity (Wildman–Crippen MR) is 60.0 cm³/mol. The molecule has 2 unspecified atom stereocenters. The van der Waals surface area contributed by atoms with Crippen molar-refractivity contribution in [3.63, 3.8) is 0 Å². The zero-order valence-corrected chi connectivity index (χ0v) is 9.36. The van der Waals surface area contributed by atoms with Crippen LogP contribution < -0.4 is 4.74 Å². The monoisotopic (exact) mass is 206 g/mol. The minimum atomic E-state index is 0.281. The Labute approximate surface area is 90.9 Å². The van der Waals surface area contributed by atoms with Crippen molar-refractivity contribution < 1.29 is 9.84 Å². The number of methoxy groups -OCH3 is 1. The van der Waals surface area contributed by atoms with Crippen LogP contribution in [0.5, 0.6) is 5.75 Å². The molecule has 2 heteroatoms. The third-order valence-electron chi connectivity index (χ3n) is 3.55. The summed E-state index contributed by atoms with van der Waals surface area (Å²) in [5.41, 5.74) is 1.53. The van der Waals surface area contributed by atoms with Crippen LogP contribution in [0.3, 0.4) is 0 Å². The van der Waals surface area contributed by atoms with Gasteiger partial charge in [0.05, 0.1) is 7.11 Å². The molecule has 1 aliphatic carbocycles. The molecule has 2 atom stereocenters. The molecule has 0 aliphatic heterocycles. The Morgan fingerprint density at radius 2 is 2.20 bits per heavy atom. The Kier molecular flexibility index (Phi) is 2.70. The summed E-state index contributed by atoms with van der Waals surface area (Å²) in [6.45, 7) is 2.55. The fraction of sp³-hybridized carbons (Fsp3) is 0.538. The molecule has 1 aromatic rings. The standard InChI is InChI=1S/C13H18O2/c1-13(8-11(13)9-14)7-10-5-3-4-6-12(10)15-2/h3-6,11,14H,7-9H2,1-2H3. The SMILES string of the molecule is COc1ccccc1CC1(C)CC1CO. The smallest absolute Gasteiger partial charge is 0.122 e. The highest BCUT2D eigenvalue weighted by Crippen LogP contribution is 2.54. The first-order valence-corrected chi connectivity index (χ1v) is 5.42. The molecule has 2 rings (SSSR count). The zero-order chi connectivity index (χ0) is 10.9. The van der Waals surface area contributed by atoms with E-state index in [1.165, 1.54) is 5.56 Å². The highest BCUT2D eigenvalue weighted by atomic mass is 16.5. The van der Waals surface area contributed by atoms with Crippen LogP contribution in [0.1, 0.15) is 18.9 Å². The van der Waals surface area contributed by atoms with E-state index in [0.29, 0.717) is 12.5 Å². The van der Waals surface area contributed by atoms with Gasteiger partial charge in [0.2, 0.25) is 0 Å². The van der Waals surface area contributed by atoms with Crippen molar-refractivity contribution in [2.24, 2.45) is 11.3 Å². The van der Waals surface area contributed by atoms with Crippen molar-refractivity contribution in [1.29, 1.82) is 0 Å². The summed E-state index contributed by atoms with van der Waals surface area (Å²) in [6, 6.07) is 8.13. The summed E-state index contributed by atoms with van der Waals surface area (Å²) < 4.78 is 5.33. The number of ether oxygens (including phenoxy) is 1. The molecule has 2 nitrogen and oxygen atoms in total. The molecule has 1 aliphatic rings. The van der Waals surface area contributed by atoms with Gasteiger partial charge >= 0.3 is 0 Å². The maximum atomic E-state index is 9.11. The van der Waals surface area contributed by atoms with Crippen LogP contribution in [-0.2, 0) is 6.42 Å². The van der Waals surface area contributed by atoms with E-state index in [1.807, 2.05) is 18.2 Å². The average molecular weight is 206 g/mol. The summed E-state index contributed by atoms with van der Waals surface area (Å²) in [6.07, 6.45) is 2.13. The average Bonchev–Trinajstić information content (AvgIpc) is 2.90. The Morgan fingerprint density at radius 1 is 1.47 bits per heavy atom. The van der Waals surface area contributed by atoms with Crippen molar-refractivity contribution in [3.05, 3.63) is 29.8 Å². The van der Waals surface area contributed by atoms with Gasteiger partial charge in [-0.15, -0.1) is 0 Å². The number of para-hydroxylation sites is 1. The van der Waals surface area contributed by atoms with E-state index in [0.717, 1.165) is 18.6 Å². The highest BCUT2D eigenvalue weighted by molar-refractivity contribution is 5.35. The second-order valence-electron chi connectivity index (χ2n) is 4.73.